The minimum atomic E-state index is 0.319. The Morgan fingerprint density at radius 2 is 2.31 bits per heavy atom. The first-order valence-electron chi connectivity index (χ1n) is 4.09. The average molecular weight is 189 g/mol. The summed E-state index contributed by atoms with van der Waals surface area (Å²) >= 11 is 1.68. The molecule has 0 bridgehead atoms. The van der Waals surface area contributed by atoms with Crippen LogP contribution in [-0.2, 0) is 6.42 Å². The highest BCUT2D eigenvalue weighted by Gasteiger charge is 2.20. The van der Waals surface area contributed by atoms with Crippen molar-refractivity contribution in [2.24, 2.45) is 0 Å². The average Bonchev–Trinajstić information content (AvgIpc) is 2.64. The molecule has 0 amide bonds. The number of benzene rings is 1. The number of thiazole rings is 1. The molecule has 2 nitrogen and oxygen atoms in total. The van der Waals surface area contributed by atoms with E-state index < -0.39 is 0 Å². The van der Waals surface area contributed by atoms with Gasteiger partial charge in [0.15, 0.2) is 0 Å². The van der Waals surface area contributed by atoms with Crippen LogP contribution >= 0.6 is 11.3 Å². The molecule has 1 aromatic carbocycles. The van der Waals surface area contributed by atoms with Crippen molar-refractivity contribution in [2.45, 2.75) is 6.42 Å². The summed E-state index contributed by atoms with van der Waals surface area (Å²) in [5.41, 5.74) is 5.27. The van der Waals surface area contributed by atoms with Crippen molar-refractivity contribution in [3.63, 3.8) is 0 Å². The van der Waals surface area contributed by atoms with Gasteiger partial charge in [0.05, 0.1) is 11.2 Å². The van der Waals surface area contributed by atoms with Crippen LogP contribution in [0.1, 0.15) is 10.4 Å². The van der Waals surface area contributed by atoms with Crippen molar-refractivity contribution in [1.29, 1.82) is 0 Å². The molecule has 0 radical (unpaired) electrons. The molecule has 1 aromatic heterocycles. The fourth-order valence-corrected chi connectivity index (χ4v) is 2.53. The normalized spacial score (nSPS) is 12.6. The van der Waals surface area contributed by atoms with Gasteiger partial charge in [0.2, 0.25) is 0 Å². The van der Waals surface area contributed by atoms with Crippen molar-refractivity contribution in [2.75, 3.05) is 0 Å². The fourth-order valence-electron chi connectivity index (χ4n) is 1.73. The topological polar surface area (TPSA) is 33.1 Å². The molecule has 1 aliphatic carbocycles. The largest absolute Gasteiger partial charge is 0.508 e. The molecule has 0 spiro atoms. The number of aromatic hydroxyl groups is 1. The Morgan fingerprint density at radius 1 is 1.38 bits per heavy atom. The molecule has 64 valence electrons. The minimum absolute atomic E-state index is 0.319. The predicted molar refractivity (Wildman–Crippen MR) is 52.0 cm³/mol. The van der Waals surface area contributed by atoms with E-state index in [1.165, 1.54) is 10.4 Å². The molecule has 1 aliphatic rings. The number of phenolic OH excluding ortho intramolecular Hbond substituents is 1. The summed E-state index contributed by atoms with van der Waals surface area (Å²) in [6, 6.07) is 5.50. The summed E-state index contributed by atoms with van der Waals surface area (Å²) in [5, 5.41) is 9.34. The first-order chi connectivity index (χ1) is 6.34. The van der Waals surface area contributed by atoms with Crippen LogP contribution in [0.2, 0.25) is 0 Å². The Labute approximate surface area is 79.5 Å². The highest BCUT2D eigenvalue weighted by Crippen LogP contribution is 2.39. The summed E-state index contributed by atoms with van der Waals surface area (Å²) in [6.07, 6.45) is 0.968. The van der Waals surface area contributed by atoms with Gasteiger partial charge in [-0.15, -0.1) is 11.3 Å². The van der Waals surface area contributed by atoms with Gasteiger partial charge in [0.25, 0.3) is 0 Å². The van der Waals surface area contributed by atoms with Gasteiger partial charge in [-0.2, -0.15) is 0 Å². The lowest BCUT2D eigenvalue weighted by Gasteiger charge is -1.98. The highest BCUT2D eigenvalue weighted by molar-refractivity contribution is 7.10. The van der Waals surface area contributed by atoms with E-state index in [2.05, 4.69) is 4.98 Å². The zero-order valence-corrected chi connectivity index (χ0v) is 7.64. The maximum Gasteiger partial charge on any atom is 0.116 e. The van der Waals surface area contributed by atoms with E-state index in [1.807, 2.05) is 11.6 Å². The first kappa shape index (κ1) is 7.09. The van der Waals surface area contributed by atoms with Gasteiger partial charge >= 0.3 is 0 Å². The van der Waals surface area contributed by atoms with E-state index >= 15 is 0 Å². The fraction of sp³-hybridized carbons (Fsp3) is 0.100. The zero-order valence-electron chi connectivity index (χ0n) is 6.82. The van der Waals surface area contributed by atoms with Crippen LogP contribution in [0.15, 0.2) is 23.7 Å². The van der Waals surface area contributed by atoms with Crippen molar-refractivity contribution >= 4 is 11.3 Å². The Balaban J connectivity index is 2.31. The Bertz CT molecular complexity index is 476. The van der Waals surface area contributed by atoms with Gasteiger partial charge < -0.3 is 5.11 Å². The van der Waals surface area contributed by atoms with E-state index in [4.69, 9.17) is 0 Å². The molecule has 0 aliphatic heterocycles. The molecule has 0 saturated heterocycles. The number of fused-ring (bicyclic) bond motifs is 3. The summed E-state index contributed by atoms with van der Waals surface area (Å²) in [6.45, 7) is 0. The van der Waals surface area contributed by atoms with Crippen LogP contribution in [0, 0.1) is 0 Å². The van der Waals surface area contributed by atoms with E-state index in [0.717, 1.165) is 17.7 Å². The second kappa shape index (κ2) is 2.33. The van der Waals surface area contributed by atoms with Crippen molar-refractivity contribution in [3.05, 3.63) is 34.2 Å². The number of rotatable bonds is 0. The number of phenols is 1. The number of hydrogen-bond donors (Lipinski definition) is 1. The van der Waals surface area contributed by atoms with Crippen molar-refractivity contribution in [1.82, 2.24) is 4.98 Å². The molecule has 0 saturated carbocycles. The Kier molecular flexibility index (Phi) is 1.27. The van der Waals surface area contributed by atoms with E-state index in [0.29, 0.717) is 5.75 Å². The lowest BCUT2D eigenvalue weighted by Crippen LogP contribution is -1.79. The lowest BCUT2D eigenvalue weighted by molar-refractivity contribution is 0.475. The molecule has 1 heterocycles. The molecule has 3 rings (SSSR count). The Morgan fingerprint density at radius 3 is 3.23 bits per heavy atom. The molecule has 3 heteroatoms. The first-order valence-corrected chi connectivity index (χ1v) is 4.97. The SMILES string of the molecule is Oc1ccc2c(c1)-c1ncsc1C2. The van der Waals surface area contributed by atoms with Crippen LogP contribution in [-0.4, -0.2) is 10.1 Å². The smallest absolute Gasteiger partial charge is 0.116 e. The molecular formula is C10H7NOS. The summed E-state index contributed by atoms with van der Waals surface area (Å²) < 4.78 is 0. The maximum absolute atomic E-state index is 9.34. The van der Waals surface area contributed by atoms with Gasteiger partial charge in [-0.3, -0.25) is 0 Å². The van der Waals surface area contributed by atoms with Gasteiger partial charge in [-0.05, 0) is 17.7 Å². The van der Waals surface area contributed by atoms with E-state index in [-0.39, 0.29) is 0 Å². The number of hydrogen-bond acceptors (Lipinski definition) is 3. The molecule has 1 N–H and O–H groups in total. The highest BCUT2D eigenvalue weighted by atomic mass is 32.1. The van der Waals surface area contributed by atoms with Gasteiger partial charge in [-0.25, -0.2) is 4.98 Å². The van der Waals surface area contributed by atoms with Crippen molar-refractivity contribution < 1.29 is 5.11 Å². The van der Waals surface area contributed by atoms with E-state index in [1.54, 1.807) is 23.5 Å². The van der Waals surface area contributed by atoms with Crippen LogP contribution in [0.3, 0.4) is 0 Å². The molecule has 0 unspecified atom stereocenters. The molecule has 0 fully saturated rings. The second-order valence-electron chi connectivity index (χ2n) is 3.14. The monoisotopic (exact) mass is 189 g/mol. The second-order valence-corrected chi connectivity index (χ2v) is 4.08. The van der Waals surface area contributed by atoms with Crippen LogP contribution < -0.4 is 0 Å². The number of aromatic nitrogens is 1. The zero-order chi connectivity index (χ0) is 8.84. The third-order valence-corrected chi connectivity index (χ3v) is 3.17. The van der Waals surface area contributed by atoms with Crippen LogP contribution in [0.4, 0.5) is 0 Å². The Hall–Kier alpha value is -1.35. The molecule has 13 heavy (non-hydrogen) atoms. The van der Waals surface area contributed by atoms with Crippen LogP contribution in [0.5, 0.6) is 5.75 Å². The molecule has 2 aromatic rings. The number of nitrogens with zero attached hydrogens (tertiary/aromatic N) is 1. The quantitative estimate of drug-likeness (QED) is 0.589. The van der Waals surface area contributed by atoms with Gasteiger partial charge in [0.1, 0.15) is 5.75 Å². The van der Waals surface area contributed by atoms with Crippen LogP contribution in [0.25, 0.3) is 11.3 Å². The summed E-state index contributed by atoms with van der Waals surface area (Å²) in [7, 11) is 0. The molecule has 0 atom stereocenters. The minimum Gasteiger partial charge on any atom is -0.508 e. The molecular weight excluding hydrogens is 182 g/mol. The lowest BCUT2D eigenvalue weighted by atomic mass is 10.1. The van der Waals surface area contributed by atoms with Gasteiger partial charge in [-0.1, -0.05) is 6.07 Å². The third-order valence-electron chi connectivity index (χ3n) is 2.34. The maximum atomic E-state index is 9.34. The summed E-state index contributed by atoms with van der Waals surface area (Å²) in [5.74, 6) is 0.319. The third kappa shape index (κ3) is 0.906. The predicted octanol–water partition coefficient (Wildman–Crippen LogP) is 2.42. The summed E-state index contributed by atoms with van der Waals surface area (Å²) in [4.78, 5) is 5.59. The standard InChI is InChI=1S/C10H7NOS/c12-7-2-1-6-3-9-10(8(6)4-7)11-5-13-9/h1-2,4-5,12H,3H2. The van der Waals surface area contributed by atoms with Crippen molar-refractivity contribution in [3.8, 4) is 17.0 Å². The van der Waals surface area contributed by atoms with Gasteiger partial charge in [0, 0.05) is 16.9 Å². The van der Waals surface area contributed by atoms with E-state index in [9.17, 15) is 5.11 Å².